The molecule has 3 aromatic rings. The van der Waals surface area contributed by atoms with E-state index in [-0.39, 0.29) is 11.9 Å². The monoisotopic (exact) mass is 340 g/mol. The molecule has 2 heterocycles. The van der Waals surface area contributed by atoms with Crippen LogP contribution in [-0.4, -0.2) is 32.6 Å². The van der Waals surface area contributed by atoms with Crippen LogP contribution in [0.15, 0.2) is 54.2 Å². The summed E-state index contributed by atoms with van der Waals surface area (Å²) in [6, 6.07) is 12.0. The van der Waals surface area contributed by atoms with E-state index < -0.39 is 0 Å². The number of nitrogens with zero attached hydrogens (tertiary/aromatic N) is 4. The molecule has 0 radical (unpaired) electrons. The molecule has 0 N–H and O–H groups in total. The minimum Gasteiger partial charge on any atom is -0.340 e. The highest BCUT2D eigenvalue weighted by atomic mass is 32.1. The number of rotatable bonds is 6. The maximum absolute atomic E-state index is 12.4. The van der Waals surface area contributed by atoms with E-state index >= 15 is 0 Å². The Labute approximate surface area is 145 Å². The van der Waals surface area contributed by atoms with Crippen molar-refractivity contribution in [1.29, 1.82) is 0 Å². The first-order valence-electron chi connectivity index (χ1n) is 7.86. The predicted molar refractivity (Wildman–Crippen MR) is 95.6 cm³/mol. The highest BCUT2D eigenvalue weighted by Crippen LogP contribution is 2.24. The summed E-state index contributed by atoms with van der Waals surface area (Å²) >= 11 is 1.61. The van der Waals surface area contributed by atoms with Crippen molar-refractivity contribution in [3.8, 4) is 10.6 Å². The fraction of sp³-hybridized carbons (Fsp3) is 0.278. The molecule has 3 rings (SSSR count). The molecule has 1 aromatic carbocycles. The van der Waals surface area contributed by atoms with Gasteiger partial charge >= 0.3 is 0 Å². The van der Waals surface area contributed by atoms with E-state index in [2.05, 4.69) is 10.1 Å². The van der Waals surface area contributed by atoms with Gasteiger partial charge in [0.15, 0.2) is 0 Å². The van der Waals surface area contributed by atoms with Crippen molar-refractivity contribution in [2.75, 3.05) is 7.05 Å². The van der Waals surface area contributed by atoms with Crippen LogP contribution in [0.3, 0.4) is 0 Å². The summed E-state index contributed by atoms with van der Waals surface area (Å²) < 4.78 is 1.81. The molecule has 1 unspecified atom stereocenters. The van der Waals surface area contributed by atoms with Gasteiger partial charge in [-0.25, -0.2) is 4.98 Å². The molecule has 24 heavy (non-hydrogen) atoms. The largest absolute Gasteiger partial charge is 0.340 e. The summed E-state index contributed by atoms with van der Waals surface area (Å²) in [5, 5.41) is 7.18. The second-order valence-electron chi connectivity index (χ2n) is 5.80. The van der Waals surface area contributed by atoms with Crippen molar-refractivity contribution in [2.45, 2.75) is 25.9 Å². The van der Waals surface area contributed by atoms with Gasteiger partial charge in [-0.15, -0.1) is 11.3 Å². The van der Waals surface area contributed by atoms with Crippen LogP contribution in [0.2, 0.25) is 0 Å². The molecule has 6 heteroatoms. The van der Waals surface area contributed by atoms with Crippen molar-refractivity contribution in [3.05, 3.63) is 59.9 Å². The van der Waals surface area contributed by atoms with E-state index in [9.17, 15) is 4.79 Å². The molecule has 2 aromatic heterocycles. The van der Waals surface area contributed by atoms with Gasteiger partial charge in [-0.05, 0) is 13.0 Å². The van der Waals surface area contributed by atoms with Gasteiger partial charge in [0.05, 0.1) is 18.3 Å². The molecule has 0 aliphatic heterocycles. The van der Waals surface area contributed by atoms with Crippen LogP contribution >= 0.6 is 11.3 Å². The van der Waals surface area contributed by atoms with Crippen LogP contribution in [0.4, 0.5) is 0 Å². The van der Waals surface area contributed by atoms with E-state index in [0.29, 0.717) is 13.0 Å². The Hall–Kier alpha value is -2.47. The Morgan fingerprint density at radius 2 is 2.08 bits per heavy atom. The predicted octanol–water partition coefficient (Wildman–Crippen LogP) is 3.62. The molecular formula is C18H20N4OS. The Morgan fingerprint density at radius 1 is 1.29 bits per heavy atom. The quantitative estimate of drug-likeness (QED) is 0.689. The molecule has 0 fully saturated rings. The summed E-state index contributed by atoms with van der Waals surface area (Å²) in [7, 11) is 1.82. The van der Waals surface area contributed by atoms with E-state index in [1.54, 1.807) is 22.4 Å². The smallest absolute Gasteiger partial charge is 0.224 e. The minimum atomic E-state index is 0.0465. The normalized spacial score (nSPS) is 12.1. The third kappa shape index (κ3) is 3.89. The fourth-order valence-electron chi connectivity index (χ4n) is 2.47. The third-order valence-corrected chi connectivity index (χ3v) is 4.78. The molecule has 1 amide bonds. The van der Waals surface area contributed by atoms with E-state index in [4.69, 9.17) is 0 Å². The number of benzene rings is 1. The molecule has 0 aliphatic rings. The summed E-state index contributed by atoms with van der Waals surface area (Å²) in [6.07, 6.45) is 4.03. The lowest BCUT2D eigenvalue weighted by Crippen LogP contribution is -2.28. The standard InChI is InChI=1S/C18H20N4OS/c1-14(22-10-6-9-19-22)11-17(23)21(2)12-16-13-24-18(20-16)15-7-4-3-5-8-15/h3-10,13-14H,11-12H2,1-2H3. The highest BCUT2D eigenvalue weighted by Gasteiger charge is 2.16. The van der Waals surface area contributed by atoms with Crippen LogP contribution in [0, 0.1) is 0 Å². The zero-order valence-electron chi connectivity index (χ0n) is 13.8. The van der Waals surface area contributed by atoms with Crippen LogP contribution in [0.25, 0.3) is 10.6 Å². The van der Waals surface area contributed by atoms with E-state index in [1.165, 1.54) is 0 Å². The van der Waals surface area contributed by atoms with Crippen molar-refractivity contribution in [2.24, 2.45) is 0 Å². The molecule has 0 saturated carbocycles. The number of amides is 1. The van der Waals surface area contributed by atoms with Gasteiger partial charge in [-0.3, -0.25) is 9.48 Å². The SMILES string of the molecule is CC(CC(=O)N(C)Cc1csc(-c2ccccc2)n1)n1cccn1. The van der Waals surface area contributed by atoms with Gasteiger partial charge in [-0.2, -0.15) is 5.10 Å². The van der Waals surface area contributed by atoms with Gasteiger partial charge in [0.1, 0.15) is 5.01 Å². The summed E-state index contributed by atoms with van der Waals surface area (Å²) in [5.74, 6) is 0.0901. The first kappa shape index (κ1) is 16.4. The lowest BCUT2D eigenvalue weighted by molar-refractivity contribution is -0.131. The second kappa shape index (κ2) is 7.40. The number of hydrogen-bond acceptors (Lipinski definition) is 4. The molecule has 1 atom stereocenters. The number of hydrogen-bond donors (Lipinski definition) is 0. The van der Waals surface area contributed by atoms with Crippen LogP contribution in [-0.2, 0) is 11.3 Å². The topological polar surface area (TPSA) is 51.0 Å². The van der Waals surface area contributed by atoms with Crippen LogP contribution in [0.5, 0.6) is 0 Å². The first-order chi connectivity index (χ1) is 11.6. The zero-order chi connectivity index (χ0) is 16.9. The molecule has 0 saturated heterocycles. The Bertz CT molecular complexity index is 782. The first-order valence-corrected chi connectivity index (χ1v) is 8.74. The van der Waals surface area contributed by atoms with Gasteiger partial charge in [0, 0.05) is 36.8 Å². The number of thiazole rings is 1. The molecular weight excluding hydrogens is 320 g/mol. The number of aromatic nitrogens is 3. The zero-order valence-corrected chi connectivity index (χ0v) is 14.6. The molecule has 0 aliphatic carbocycles. The van der Waals surface area contributed by atoms with Crippen molar-refractivity contribution in [1.82, 2.24) is 19.7 Å². The Kier molecular flexibility index (Phi) is 5.05. The summed E-state index contributed by atoms with van der Waals surface area (Å²) in [4.78, 5) is 18.8. The van der Waals surface area contributed by atoms with E-state index in [1.807, 2.05) is 66.6 Å². The van der Waals surface area contributed by atoms with Crippen molar-refractivity contribution in [3.63, 3.8) is 0 Å². The Morgan fingerprint density at radius 3 is 2.79 bits per heavy atom. The fourth-order valence-corrected chi connectivity index (χ4v) is 3.28. The average Bonchev–Trinajstić information content (AvgIpc) is 3.27. The van der Waals surface area contributed by atoms with Crippen molar-refractivity contribution < 1.29 is 4.79 Å². The molecule has 5 nitrogen and oxygen atoms in total. The summed E-state index contributed by atoms with van der Waals surface area (Å²) in [5.41, 5.74) is 2.02. The second-order valence-corrected chi connectivity index (χ2v) is 6.66. The average molecular weight is 340 g/mol. The molecule has 124 valence electrons. The van der Waals surface area contributed by atoms with Gasteiger partial charge in [0.2, 0.25) is 5.91 Å². The van der Waals surface area contributed by atoms with Crippen LogP contribution < -0.4 is 0 Å². The minimum absolute atomic E-state index is 0.0465. The molecule has 0 spiro atoms. The van der Waals surface area contributed by atoms with Crippen molar-refractivity contribution >= 4 is 17.2 Å². The maximum atomic E-state index is 12.4. The highest BCUT2D eigenvalue weighted by molar-refractivity contribution is 7.13. The molecule has 0 bridgehead atoms. The van der Waals surface area contributed by atoms with Gasteiger partial charge in [0.25, 0.3) is 0 Å². The van der Waals surface area contributed by atoms with Crippen LogP contribution in [0.1, 0.15) is 25.1 Å². The van der Waals surface area contributed by atoms with Gasteiger partial charge < -0.3 is 4.90 Å². The summed E-state index contributed by atoms with van der Waals surface area (Å²) in [6.45, 7) is 2.52. The Balaban J connectivity index is 1.59. The number of carbonyl (C=O) groups is 1. The van der Waals surface area contributed by atoms with Gasteiger partial charge in [-0.1, -0.05) is 30.3 Å². The lowest BCUT2D eigenvalue weighted by Gasteiger charge is -2.19. The maximum Gasteiger partial charge on any atom is 0.224 e. The lowest BCUT2D eigenvalue weighted by atomic mass is 10.2. The number of carbonyl (C=O) groups excluding carboxylic acids is 1. The third-order valence-electron chi connectivity index (χ3n) is 3.84. The van der Waals surface area contributed by atoms with E-state index in [0.717, 1.165) is 16.3 Å².